The standard InChI is InChI=1S/C26H38N2O4/c1-26(2,3)32-25(29)28-15-11-22(12-16-28)31-24-17-23(18-24)30-21-9-13-27(14-10-21)19-20-7-5-4-6-8-20/h4-9,22-24H,10-19H2,1-3H3. The van der Waals surface area contributed by atoms with E-state index in [1.807, 2.05) is 20.8 Å². The van der Waals surface area contributed by atoms with E-state index in [0.29, 0.717) is 13.1 Å². The number of nitrogens with zero attached hydrogens (tertiary/aromatic N) is 2. The van der Waals surface area contributed by atoms with Crippen LogP contribution < -0.4 is 0 Å². The average molecular weight is 443 g/mol. The molecule has 1 aliphatic carbocycles. The molecule has 32 heavy (non-hydrogen) atoms. The van der Waals surface area contributed by atoms with Gasteiger partial charge >= 0.3 is 6.09 Å². The van der Waals surface area contributed by atoms with Gasteiger partial charge in [-0.1, -0.05) is 30.3 Å². The molecule has 0 radical (unpaired) electrons. The molecule has 0 N–H and O–H groups in total. The lowest BCUT2D eigenvalue weighted by Gasteiger charge is -2.40. The minimum atomic E-state index is -0.445. The van der Waals surface area contributed by atoms with E-state index >= 15 is 0 Å². The maximum absolute atomic E-state index is 12.2. The van der Waals surface area contributed by atoms with Gasteiger partial charge in [0.15, 0.2) is 0 Å². The van der Waals surface area contributed by atoms with E-state index in [0.717, 1.165) is 57.5 Å². The first-order valence-corrected chi connectivity index (χ1v) is 12.1. The lowest BCUT2D eigenvalue weighted by atomic mass is 9.91. The molecule has 0 bridgehead atoms. The molecule has 3 aliphatic rings. The number of amides is 1. The predicted octanol–water partition coefficient (Wildman–Crippen LogP) is 4.74. The number of benzene rings is 1. The first-order valence-electron chi connectivity index (χ1n) is 12.1. The van der Waals surface area contributed by atoms with Crippen LogP contribution >= 0.6 is 0 Å². The summed E-state index contributed by atoms with van der Waals surface area (Å²) in [5.74, 6) is 1.14. The molecule has 1 aromatic rings. The summed E-state index contributed by atoms with van der Waals surface area (Å²) >= 11 is 0. The molecular formula is C26H38N2O4. The average Bonchev–Trinajstić information content (AvgIpc) is 2.73. The van der Waals surface area contributed by atoms with Crippen LogP contribution in [-0.4, -0.2) is 66.0 Å². The minimum Gasteiger partial charge on any atom is -0.495 e. The molecule has 1 saturated carbocycles. The van der Waals surface area contributed by atoms with Gasteiger partial charge in [-0.25, -0.2) is 4.79 Å². The third-order valence-electron chi connectivity index (χ3n) is 6.35. The number of ether oxygens (including phenoxy) is 3. The lowest BCUT2D eigenvalue weighted by Crippen LogP contribution is -2.46. The van der Waals surface area contributed by atoms with E-state index in [-0.39, 0.29) is 24.4 Å². The summed E-state index contributed by atoms with van der Waals surface area (Å²) in [7, 11) is 0. The smallest absolute Gasteiger partial charge is 0.410 e. The van der Waals surface area contributed by atoms with Crippen LogP contribution in [0.3, 0.4) is 0 Å². The van der Waals surface area contributed by atoms with Crippen molar-refractivity contribution in [2.45, 2.75) is 83.3 Å². The Labute approximate surface area is 192 Å². The van der Waals surface area contributed by atoms with E-state index < -0.39 is 5.60 Å². The molecule has 2 fully saturated rings. The van der Waals surface area contributed by atoms with Gasteiger partial charge in [-0.05, 0) is 45.3 Å². The number of likely N-dealkylation sites (tertiary alicyclic amines) is 1. The highest BCUT2D eigenvalue weighted by Crippen LogP contribution is 2.32. The molecule has 2 heterocycles. The molecular weight excluding hydrogens is 404 g/mol. The Balaban J connectivity index is 1.10. The number of hydrogen-bond acceptors (Lipinski definition) is 5. The van der Waals surface area contributed by atoms with Gasteiger partial charge in [-0.15, -0.1) is 0 Å². The third kappa shape index (κ3) is 6.72. The van der Waals surface area contributed by atoms with Crippen LogP contribution in [0.25, 0.3) is 0 Å². The van der Waals surface area contributed by atoms with Crippen LogP contribution in [0.2, 0.25) is 0 Å². The number of carbonyl (C=O) groups is 1. The Morgan fingerprint density at radius 2 is 1.72 bits per heavy atom. The molecule has 1 amide bonds. The molecule has 6 nitrogen and oxygen atoms in total. The van der Waals surface area contributed by atoms with E-state index in [1.165, 1.54) is 5.56 Å². The van der Waals surface area contributed by atoms with Crippen molar-refractivity contribution in [3.05, 3.63) is 47.7 Å². The van der Waals surface area contributed by atoms with Gasteiger partial charge in [-0.3, -0.25) is 4.90 Å². The molecule has 1 saturated heterocycles. The SMILES string of the molecule is CC(C)(C)OC(=O)N1CCC(OC2CC(OC3=CCN(Cc4ccccc4)CC3)C2)CC1. The van der Waals surface area contributed by atoms with E-state index in [9.17, 15) is 4.79 Å². The maximum atomic E-state index is 12.2. The normalized spacial score (nSPS) is 25.1. The molecule has 176 valence electrons. The summed E-state index contributed by atoms with van der Waals surface area (Å²) < 4.78 is 18.0. The first-order chi connectivity index (χ1) is 15.3. The second-order valence-corrected chi connectivity index (χ2v) is 10.3. The van der Waals surface area contributed by atoms with Crippen molar-refractivity contribution < 1.29 is 19.0 Å². The molecule has 0 unspecified atom stereocenters. The van der Waals surface area contributed by atoms with Gasteiger partial charge in [0.25, 0.3) is 0 Å². The fraction of sp³-hybridized carbons (Fsp3) is 0.654. The predicted molar refractivity (Wildman–Crippen MR) is 124 cm³/mol. The second-order valence-electron chi connectivity index (χ2n) is 10.3. The van der Waals surface area contributed by atoms with Gasteiger partial charge < -0.3 is 19.1 Å². The highest BCUT2D eigenvalue weighted by Gasteiger charge is 2.36. The molecule has 6 heteroatoms. The van der Waals surface area contributed by atoms with Gasteiger partial charge in [0.2, 0.25) is 0 Å². The zero-order valence-corrected chi connectivity index (χ0v) is 19.8. The zero-order valence-electron chi connectivity index (χ0n) is 19.8. The van der Waals surface area contributed by atoms with Gasteiger partial charge in [0.05, 0.1) is 18.0 Å². The molecule has 1 aromatic carbocycles. The monoisotopic (exact) mass is 442 g/mol. The van der Waals surface area contributed by atoms with Crippen molar-refractivity contribution in [2.75, 3.05) is 26.2 Å². The van der Waals surface area contributed by atoms with Gasteiger partial charge in [0.1, 0.15) is 11.7 Å². The maximum Gasteiger partial charge on any atom is 0.410 e. The molecule has 0 aromatic heterocycles. The quantitative estimate of drug-likeness (QED) is 0.637. The van der Waals surface area contributed by atoms with Crippen molar-refractivity contribution >= 4 is 6.09 Å². The Hall–Kier alpha value is -2.05. The summed E-state index contributed by atoms with van der Waals surface area (Å²) in [4.78, 5) is 16.4. The summed E-state index contributed by atoms with van der Waals surface area (Å²) in [5, 5.41) is 0. The largest absolute Gasteiger partial charge is 0.495 e. The van der Waals surface area contributed by atoms with Crippen LogP contribution in [0.5, 0.6) is 0 Å². The van der Waals surface area contributed by atoms with E-state index in [2.05, 4.69) is 41.3 Å². The van der Waals surface area contributed by atoms with Crippen molar-refractivity contribution in [3.8, 4) is 0 Å². The topological polar surface area (TPSA) is 51.2 Å². The summed E-state index contributed by atoms with van der Waals surface area (Å²) in [6.45, 7) is 10.1. The summed E-state index contributed by atoms with van der Waals surface area (Å²) in [6, 6.07) is 10.6. The fourth-order valence-electron chi connectivity index (χ4n) is 4.50. The van der Waals surface area contributed by atoms with Crippen molar-refractivity contribution in [1.82, 2.24) is 9.80 Å². The Morgan fingerprint density at radius 3 is 2.34 bits per heavy atom. The molecule has 0 atom stereocenters. The Morgan fingerprint density at radius 1 is 1.00 bits per heavy atom. The molecule has 2 aliphatic heterocycles. The van der Waals surface area contributed by atoms with Crippen LogP contribution in [0.1, 0.15) is 58.4 Å². The minimum absolute atomic E-state index is 0.212. The van der Waals surface area contributed by atoms with Crippen molar-refractivity contribution in [2.24, 2.45) is 0 Å². The Kier molecular flexibility index (Phi) is 7.41. The zero-order chi connectivity index (χ0) is 22.6. The third-order valence-corrected chi connectivity index (χ3v) is 6.35. The highest BCUT2D eigenvalue weighted by molar-refractivity contribution is 5.68. The van der Waals surface area contributed by atoms with E-state index in [4.69, 9.17) is 14.2 Å². The molecule has 0 spiro atoms. The van der Waals surface area contributed by atoms with Crippen molar-refractivity contribution in [3.63, 3.8) is 0 Å². The number of rotatable bonds is 6. The lowest BCUT2D eigenvalue weighted by molar-refractivity contribution is -0.124. The van der Waals surface area contributed by atoms with Crippen LogP contribution in [0, 0.1) is 0 Å². The van der Waals surface area contributed by atoms with E-state index in [1.54, 1.807) is 4.90 Å². The number of hydrogen-bond donors (Lipinski definition) is 0. The van der Waals surface area contributed by atoms with Gasteiger partial charge in [-0.2, -0.15) is 0 Å². The second kappa shape index (κ2) is 10.3. The van der Waals surface area contributed by atoms with Crippen LogP contribution in [0.15, 0.2) is 42.2 Å². The highest BCUT2D eigenvalue weighted by atomic mass is 16.6. The van der Waals surface area contributed by atoms with Crippen molar-refractivity contribution in [1.29, 1.82) is 0 Å². The molecule has 4 rings (SSSR count). The van der Waals surface area contributed by atoms with Crippen LogP contribution in [-0.2, 0) is 20.8 Å². The number of piperidine rings is 1. The summed E-state index contributed by atoms with van der Waals surface area (Å²) in [5.41, 5.74) is 0.917. The summed E-state index contributed by atoms with van der Waals surface area (Å²) in [6.07, 6.45) is 7.52. The van der Waals surface area contributed by atoms with Crippen LogP contribution in [0.4, 0.5) is 4.79 Å². The fourth-order valence-corrected chi connectivity index (χ4v) is 4.50. The number of carbonyl (C=O) groups excluding carboxylic acids is 1. The first kappa shape index (κ1) is 23.1. The Bertz CT molecular complexity index is 775. The van der Waals surface area contributed by atoms with Gasteiger partial charge in [0, 0.05) is 52.0 Å².